The number of hydrogen-bond donors (Lipinski definition) is 1. The molecule has 3 saturated heterocycles. The van der Waals surface area contributed by atoms with E-state index in [-0.39, 0.29) is 30.4 Å². The van der Waals surface area contributed by atoms with Crippen LogP contribution in [0.1, 0.15) is 78.1 Å². The lowest BCUT2D eigenvalue weighted by Gasteiger charge is -2.40. The molecule has 3 aliphatic heterocycles. The maximum absolute atomic E-state index is 14.5. The molecule has 4 fully saturated rings. The Morgan fingerprint density at radius 3 is 2.45 bits per heavy atom. The van der Waals surface area contributed by atoms with Gasteiger partial charge in [-0.05, 0) is 51.9 Å². The number of ether oxygens (including phenoxy) is 1. The van der Waals surface area contributed by atoms with Gasteiger partial charge in [0.15, 0.2) is 0 Å². The molecular weight excluding hydrogens is 482 g/mol. The summed E-state index contributed by atoms with van der Waals surface area (Å²) in [6.07, 6.45) is 11.9. The molecule has 2 bridgehead atoms. The lowest BCUT2D eigenvalue weighted by Crippen LogP contribution is -2.58. The Balaban J connectivity index is 1.73. The molecule has 38 heavy (non-hydrogen) atoms. The summed E-state index contributed by atoms with van der Waals surface area (Å²) in [4.78, 5) is 48.2. The van der Waals surface area contributed by atoms with Gasteiger partial charge in [-0.15, -0.1) is 13.2 Å². The van der Waals surface area contributed by atoms with Crippen molar-refractivity contribution in [1.82, 2.24) is 14.7 Å². The van der Waals surface area contributed by atoms with Crippen molar-refractivity contribution in [2.45, 2.75) is 101 Å². The van der Waals surface area contributed by atoms with E-state index in [0.717, 1.165) is 32.1 Å². The Morgan fingerprint density at radius 2 is 1.82 bits per heavy atom. The van der Waals surface area contributed by atoms with Gasteiger partial charge in [0.25, 0.3) is 0 Å². The van der Waals surface area contributed by atoms with Gasteiger partial charge in [0.2, 0.25) is 17.7 Å². The van der Waals surface area contributed by atoms with Crippen LogP contribution in [0.2, 0.25) is 0 Å². The number of carbonyl (C=O) groups excluding carboxylic acids is 3. The van der Waals surface area contributed by atoms with E-state index in [1.165, 1.54) is 6.42 Å². The van der Waals surface area contributed by atoms with Crippen molar-refractivity contribution in [3.05, 3.63) is 25.3 Å². The SMILES string of the molecule is C=CCN(CCC)C(=O)[C@@H]1[C@H]2C(=O)N(CCCCO)C(C(=O)N(CC=C)C3CCCCC3)C23CC[C@@]1(C)O3. The first-order valence-electron chi connectivity index (χ1n) is 14.7. The Bertz CT molecular complexity index is 918. The fraction of sp³-hybridized carbons (Fsp3) is 0.767. The van der Waals surface area contributed by atoms with Gasteiger partial charge in [-0.2, -0.15) is 0 Å². The quantitative estimate of drug-likeness (QED) is 0.292. The lowest BCUT2D eigenvalue weighted by atomic mass is 9.66. The van der Waals surface area contributed by atoms with Crippen LogP contribution >= 0.6 is 0 Å². The number of carbonyl (C=O) groups is 3. The molecular formula is C30H47N3O5. The minimum atomic E-state index is -1.01. The second-order valence-electron chi connectivity index (χ2n) is 11.8. The van der Waals surface area contributed by atoms with Crippen LogP contribution in [-0.4, -0.2) is 93.6 Å². The summed E-state index contributed by atoms with van der Waals surface area (Å²) in [6.45, 7) is 13.6. The van der Waals surface area contributed by atoms with E-state index in [2.05, 4.69) is 13.2 Å². The summed E-state index contributed by atoms with van der Waals surface area (Å²) < 4.78 is 6.81. The van der Waals surface area contributed by atoms with E-state index in [1.807, 2.05) is 18.7 Å². The van der Waals surface area contributed by atoms with Crippen molar-refractivity contribution in [1.29, 1.82) is 0 Å². The van der Waals surface area contributed by atoms with Gasteiger partial charge >= 0.3 is 0 Å². The molecule has 0 radical (unpaired) electrons. The summed E-state index contributed by atoms with van der Waals surface area (Å²) in [5.74, 6) is -1.62. The normalized spacial score (nSPS) is 32.3. The molecule has 0 aromatic carbocycles. The minimum absolute atomic E-state index is 0.0308. The molecule has 8 heteroatoms. The van der Waals surface area contributed by atoms with Gasteiger partial charge in [-0.1, -0.05) is 38.3 Å². The molecule has 1 N–H and O–H groups in total. The van der Waals surface area contributed by atoms with Crippen molar-refractivity contribution in [2.75, 3.05) is 32.8 Å². The first-order chi connectivity index (χ1) is 18.3. The summed E-state index contributed by atoms with van der Waals surface area (Å²) >= 11 is 0. The minimum Gasteiger partial charge on any atom is -0.396 e. The Hall–Kier alpha value is -2.19. The lowest BCUT2D eigenvalue weighted by molar-refractivity contribution is -0.155. The summed E-state index contributed by atoms with van der Waals surface area (Å²) in [5.41, 5.74) is -1.79. The van der Waals surface area contributed by atoms with Crippen LogP contribution < -0.4 is 0 Å². The molecule has 3 heterocycles. The molecule has 1 aliphatic carbocycles. The summed E-state index contributed by atoms with van der Waals surface area (Å²) in [7, 11) is 0. The fourth-order valence-corrected chi connectivity index (χ4v) is 7.74. The molecule has 0 aromatic rings. The number of unbranched alkanes of at least 4 members (excludes halogenated alkanes) is 1. The third kappa shape index (κ3) is 4.83. The molecule has 4 rings (SSSR count). The van der Waals surface area contributed by atoms with Crippen LogP contribution in [0, 0.1) is 11.8 Å². The van der Waals surface area contributed by atoms with E-state index in [1.54, 1.807) is 22.0 Å². The molecule has 3 amide bonds. The van der Waals surface area contributed by atoms with Gasteiger partial charge < -0.3 is 24.5 Å². The molecule has 2 unspecified atom stereocenters. The number of hydrogen-bond acceptors (Lipinski definition) is 5. The van der Waals surface area contributed by atoms with Crippen molar-refractivity contribution in [3.63, 3.8) is 0 Å². The molecule has 4 aliphatic rings. The highest BCUT2D eigenvalue weighted by Gasteiger charge is 2.78. The zero-order chi connectivity index (χ0) is 27.5. The highest BCUT2D eigenvalue weighted by atomic mass is 16.5. The molecule has 1 saturated carbocycles. The van der Waals surface area contributed by atoms with Gasteiger partial charge in [0.1, 0.15) is 11.6 Å². The third-order valence-electron chi connectivity index (χ3n) is 9.36. The predicted molar refractivity (Wildman–Crippen MR) is 146 cm³/mol. The average molecular weight is 530 g/mol. The van der Waals surface area contributed by atoms with Crippen molar-refractivity contribution >= 4 is 17.7 Å². The van der Waals surface area contributed by atoms with E-state index in [9.17, 15) is 19.5 Å². The van der Waals surface area contributed by atoms with Crippen molar-refractivity contribution < 1.29 is 24.2 Å². The number of rotatable bonds is 13. The molecule has 212 valence electrons. The zero-order valence-corrected chi connectivity index (χ0v) is 23.4. The Morgan fingerprint density at radius 1 is 1.11 bits per heavy atom. The topological polar surface area (TPSA) is 90.4 Å². The second kappa shape index (κ2) is 11.9. The average Bonchev–Trinajstić information content (AvgIpc) is 3.48. The van der Waals surface area contributed by atoms with E-state index >= 15 is 0 Å². The fourth-order valence-electron chi connectivity index (χ4n) is 7.74. The largest absolute Gasteiger partial charge is 0.396 e. The zero-order valence-electron chi connectivity index (χ0n) is 23.4. The van der Waals surface area contributed by atoms with Crippen molar-refractivity contribution in [3.8, 4) is 0 Å². The first kappa shape index (κ1) is 28.8. The van der Waals surface area contributed by atoms with Crippen LogP contribution in [0.4, 0.5) is 0 Å². The molecule has 5 atom stereocenters. The van der Waals surface area contributed by atoms with Crippen LogP contribution in [0.25, 0.3) is 0 Å². The Labute approximate surface area is 228 Å². The van der Waals surface area contributed by atoms with Crippen LogP contribution in [-0.2, 0) is 19.1 Å². The maximum Gasteiger partial charge on any atom is 0.248 e. The number of fused-ring (bicyclic) bond motifs is 1. The summed E-state index contributed by atoms with van der Waals surface area (Å²) in [5, 5.41) is 9.41. The molecule has 0 aromatic heterocycles. The predicted octanol–water partition coefficient (Wildman–Crippen LogP) is 3.30. The van der Waals surface area contributed by atoms with Crippen LogP contribution in [0.3, 0.4) is 0 Å². The molecule has 1 spiro atoms. The smallest absolute Gasteiger partial charge is 0.248 e. The van der Waals surface area contributed by atoms with Crippen molar-refractivity contribution in [2.24, 2.45) is 11.8 Å². The standard InChI is InChI=1S/C30H47N3O5/c1-5-17-31(18-6-2)26(35)23-24-27(36)33(20-11-12-21-34)25(30(24)16-15-29(23,4)38-30)28(37)32(19-7-3)22-13-9-8-10-14-22/h5,7,22-25,34H,1,3,6,8-21H2,2,4H3/t23-,24-,25?,29+,30?/m0/s1. The van der Waals surface area contributed by atoms with Crippen LogP contribution in [0.15, 0.2) is 25.3 Å². The summed E-state index contributed by atoms with van der Waals surface area (Å²) in [6, 6.07) is -0.641. The molecule has 8 nitrogen and oxygen atoms in total. The number of nitrogens with zero attached hydrogens (tertiary/aromatic N) is 3. The third-order valence-corrected chi connectivity index (χ3v) is 9.36. The second-order valence-corrected chi connectivity index (χ2v) is 11.8. The van der Waals surface area contributed by atoms with Gasteiger partial charge in [-0.25, -0.2) is 0 Å². The monoisotopic (exact) mass is 529 g/mol. The highest BCUT2D eigenvalue weighted by Crippen LogP contribution is 2.63. The van der Waals surface area contributed by atoms with Gasteiger partial charge in [0.05, 0.1) is 17.4 Å². The number of aliphatic hydroxyl groups excluding tert-OH is 1. The Kier molecular flexibility index (Phi) is 9.03. The number of amides is 3. The van der Waals surface area contributed by atoms with Crippen LogP contribution in [0.5, 0.6) is 0 Å². The van der Waals surface area contributed by atoms with Gasteiger partial charge in [-0.3, -0.25) is 14.4 Å². The van der Waals surface area contributed by atoms with Gasteiger partial charge in [0, 0.05) is 38.8 Å². The van der Waals surface area contributed by atoms with E-state index in [0.29, 0.717) is 51.9 Å². The van der Waals surface area contributed by atoms with E-state index < -0.39 is 29.1 Å². The maximum atomic E-state index is 14.5. The number of aliphatic hydroxyl groups is 1. The first-order valence-corrected chi connectivity index (χ1v) is 14.7. The van der Waals surface area contributed by atoms with E-state index in [4.69, 9.17) is 4.74 Å². The number of likely N-dealkylation sites (tertiary alicyclic amines) is 1. The highest BCUT2D eigenvalue weighted by molar-refractivity contribution is 5.99.